The van der Waals surface area contributed by atoms with Crippen LogP contribution in [0.15, 0.2) is 0 Å². The summed E-state index contributed by atoms with van der Waals surface area (Å²) in [5.41, 5.74) is -1.94. The second kappa shape index (κ2) is 3.20. The fourth-order valence-corrected chi connectivity index (χ4v) is 1.57. The Balaban J connectivity index is 2.92. The van der Waals surface area contributed by atoms with Gasteiger partial charge >= 0.3 is 0 Å². The minimum Gasteiger partial charge on any atom is -0.385 e. The van der Waals surface area contributed by atoms with Gasteiger partial charge in [0.1, 0.15) is 6.10 Å². The van der Waals surface area contributed by atoms with Crippen molar-refractivity contribution < 1.29 is 19.8 Å². The standard InChI is InChI=1S/C9H14O4/c1-5-3-4-9(13,6(2)10)8(12)7(5)11/h5,7,11,13H,3-4H2,1-2H3. The highest BCUT2D eigenvalue weighted by atomic mass is 16.3. The summed E-state index contributed by atoms with van der Waals surface area (Å²) < 4.78 is 0. The van der Waals surface area contributed by atoms with Gasteiger partial charge in [0, 0.05) is 0 Å². The first-order valence-electron chi connectivity index (χ1n) is 4.35. The van der Waals surface area contributed by atoms with E-state index in [-0.39, 0.29) is 12.3 Å². The Bertz CT molecular complexity index is 248. The molecule has 74 valence electrons. The second-order valence-corrected chi connectivity index (χ2v) is 3.74. The van der Waals surface area contributed by atoms with Crippen molar-refractivity contribution >= 4 is 11.6 Å². The van der Waals surface area contributed by atoms with Gasteiger partial charge in [0.25, 0.3) is 0 Å². The van der Waals surface area contributed by atoms with E-state index in [4.69, 9.17) is 0 Å². The minimum atomic E-state index is -1.94. The number of carbonyl (C=O) groups excluding carboxylic acids is 2. The molecule has 0 spiro atoms. The maximum Gasteiger partial charge on any atom is 0.200 e. The van der Waals surface area contributed by atoms with Crippen LogP contribution in [0.5, 0.6) is 0 Å². The monoisotopic (exact) mass is 186 g/mol. The number of carbonyl (C=O) groups is 2. The van der Waals surface area contributed by atoms with Crippen LogP contribution in [0.3, 0.4) is 0 Å². The maximum atomic E-state index is 11.4. The van der Waals surface area contributed by atoms with Crippen LogP contribution in [0.25, 0.3) is 0 Å². The average Bonchev–Trinajstić information content (AvgIpc) is 2.08. The molecule has 4 heteroatoms. The highest BCUT2D eigenvalue weighted by Gasteiger charge is 2.48. The van der Waals surface area contributed by atoms with E-state index in [1.807, 2.05) is 0 Å². The molecule has 1 aliphatic rings. The molecular formula is C9H14O4. The number of Topliss-reactive ketones (excluding diaryl/α,β-unsaturated/α-hetero) is 2. The molecule has 0 heterocycles. The molecule has 0 radical (unpaired) electrons. The molecule has 1 saturated carbocycles. The first-order valence-corrected chi connectivity index (χ1v) is 4.35. The smallest absolute Gasteiger partial charge is 0.200 e. The minimum absolute atomic E-state index is 0.124. The van der Waals surface area contributed by atoms with Gasteiger partial charge in [-0.15, -0.1) is 0 Å². The van der Waals surface area contributed by atoms with E-state index in [0.29, 0.717) is 6.42 Å². The van der Waals surface area contributed by atoms with E-state index in [2.05, 4.69) is 0 Å². The van der Waals surface area contributed by atoms with Gasteiger partial charge in [-0.2, -0.15) is 0 Å². The lowest BCUT2D eigenvalue weighted by molar-refractivity contribution is -0.163. The summed E-state index contributed by atoms with van der Waals surface area (Å²) in [4.78, 5) is 22.4. The average molecular weight is 186 g/mol. The lowest BCUT2D eigenvalue weighted by Crippen LogP contribution is -2.55. The molecule has 0 bridgehead atoms. The van der Waals surface area contributed by atoms with Gasteiger partial charge in [0.2, 0.25) is 5.78 Å². The number of ketones is 2. The summed E-state index contributed by atoms with van der Waals surface area (Å²) in [5.74, 6) is -1.51. The normalized spacial score (nSPS) is 40.5. The van der Waals surface area contributed by atoms with E-state index in [0.717, 1.165) is 0 Å². The fraction of sp³-hybridized carbons (Fsp3) is 0.778. The molecular weight excluding hydrogens is 172 g/mol. The molecule has 0 aromatic carbocycles. The third-order valence-electron chi connectivity index (χ3n) is 2.76. The zero-order chi connectivity index (χ0) is 10.2. The van der Waals surface area contributed by atoms with Gasteiger partial charge in [-0.05, 0) is 25.7 Å². The van der Waals surface area contributed by atoms with Crippen molar-refractivity contribution in [3.63, 3.8) is 0 Å². The van der Waals surface area contributed by atoms with Crippen molar-refractivity contribution in [1.29, 1.82) is 0 Å². The summed E-state index contributed by atoms with van der Waals surface area (Å²) in [7, 11) is 0. The molecule has 3 unspecified atom stereocenters. The highest BCUT2D eigenvalue weighted by molar-refractivity contribution is 6.11. The first-order chi connectivity index (χ1) is 5.89. The van der Waals surface area contributed by atoms with Gasteiger partial charge in [0.05, 0.1) is 0 Å². The van der Waals surface area contributed by atoms with Gasteiger partial charge < -0.3 is 10.2 Å². The molecule has 0 aromatic heterocycles. The molecule has 13 heavy (non-hydrogen) atoms. The Labute approximate surface area is 76.6 Å². The Kier molecular flexibility index (Phi) is 2.54. The van der Waals surface area contributed by atoms with Crippen molar-refractivity contribution in [2.45, 2.75) is 38.4 Å². The summed E-state index contributed by atoms with van der Waals surface area (Å²) in [6.45, 7) is 2.89. The number of aliphatic hydroxyl groups is 2. The predicted octanol–water partition coefficient (Wildman–Crippen LogP) is -0.334. The fourth-order valence-electron chi connectivity index (χ4n) is 1.57. The Morgan fingerprint density at radius 3 is 2.62 bits per heavy atom. The van der Waals surface area contributed by atoms with Crippen molar-refractivity contribution in [3.05, 3.63) is 0 Å². The first kappa shape index (κ1) is 10.3. The van der Waals surface area contributed by atoms with Gasteiger partial charge in [-0.1, -0.05) is 6.92 Å². The Morgan fingerprint density at radius 1 is 1.62 bits per heavy atom. The second-order valence-electron chi connectivity index (χ2n) is 3.74. The maximum absolute atomic E-state index is 11.4. The predicted molar refractivity (Wildman–Crippen MR) is 45.0 cm³/mol. The molecule has 1 rings (SSSR count). The molecule has 0 amide bonds. The van der Waals surface area contributed by atoms with Crippen LogP contribution in [0.2, 0.25) is 0 Å². The van der Waals surface area contributed by atoms with Gasteiger partial charge in [-0.3, -0.25) is 9.59 Å². The molecule has 1 fully saturated rings. The molecule has 0 saturated heterocycles. The van der Waals surface area contributed by atoms with Gasteiger partial charge in [-0.25, -0.2) is 0 Å². The molecule has 4 nitrogen and oxygen atoms in total. The van der Waals surface area contributed by atoms with Crippen LogP contribution in [-0.2, 0) is 9.59 Å². The summed E-state index contributed by atoms with van der Waals surface area (Å²) in [5, 5.41) is 19.0. The summed E-state index contributed by atoms with van der Waals surface area (Å²) in [6, 6.07) is 0. The van der Waals surface area contributed by atoms with Crippen molar-refractivity contribution in [2.24, 2.45) is 5.92 Å². The van der Waals surface area contributed by atoms with Crippen molar-refractivity contribution in [3.8, 4) is 0 Å². The molecule has 2 N–H and O–H groups in total. The van der Waals surface area contributed by atoms with Crippen LogP contribution < -0.4 is 0 Å². The van der Waals surface area contributed by atoms with Crippen LogP contribution in [0.4, 0.5) is 0 Å². The van der Waals surface area contributed by atoms with E-state index in [1.54, 1.807) is 6.92 Å². The van der Waals surface area contributed by atoms with Crippen LogP contribution in [0, 0.1) is 5.92 Å². The quantitative estimate of drug-likeness (QED) is 0.550. The van der Waals surface area contributed by atoms with Crippen LogP contribution in [0.1, 0.15) is 26.7 Å². The third-order valence-corrected chi connectivity index (χ3v) is 2.76. The molecule has 0 aromatic rings. The van der Waals surface area contributed by atoms with E-state index in [9.17, 15) is 19.8 Å². The van der Waals surface area contributed by atoms with E-state index >= 15 is 0 Å². The molecule has 3 atom stereocenters. The van der Waals surface area contributed by atoms with E-state index in [1.165, 1.54) is 6.92 Å². The zero-order valence-corrected chi connectivity index (χ0v) is 7.78. The Morgan fingerprint density at radius 2 is 2.15 bits per heavy atom. The topological polar surface area (TPSA) is 74.6 Å². The lowest BCUT2D eigenvalue weighted by atomic mass is 9.75. The molecule has 1 aliphatic carbocycles. The lowest BCUT2D eigenvalue weighted by Gasteiger charge is -2.34. The summed E-state index contributed by atoms with van der Waals surface area (Å²) >= 11 is 0. The number of rotatable bonds is 1. The SMILES string of the molecule is CC(=O)C1(O)CCC(C)C(O)C1=O. The van der Waals surface area contributed by atoms with Crippen LogP contribution in [-0.4, -0.2) is 33.5 Å². The van der Waals surface area contributed by atoms with Gasteiger partial charge in [0.15, 0.2) is 11.4 Å². The molecule has 0 aliphatic heterocycles. The number of aliphatic hydroxyl groups excluding tert-OH is 1. The third kappa shape index (κ3) is 1.51. The zero-order valence-electron chi connectivity index (χ0n) is 7.78. The number of hydrogen-bond acceptors (Lipinski definition) is 4. The van der Waals surface area contributed by atoms with Crippen LogP contribution >= 0.6 is 0 Å². The number of hydrogen-bond donors (Lipinski definition) is 2. The van der Waals surface area contributed by atoms with Crippen molar-refractivity contribution in [1.82, 2.24) is 0 Å². The Hall–Kier alpha value is -0.740. The highest BCUT2D eigenvalue weighted by Crippen LogP contribution is 2.29. The largest absolute Gasteiger partial charge is 0.385 e. The summed E-state index contributed by atoms with van der Waals surface area (Å²) in [6.07, 6.45) is -0.592. The van der Waals surface area contributed by atoms with E-state index < -0.39 is 23.3 Å². The van der Waals surface area contributed by atoms with Crippen molar-refractivity contribution in [2.75, 3.05) is 0 Å².